The second kappa shape index (κ2) is 13.8. The second-order valence-corrected chi connectivity index (χ2v) is 9.66. The topological polar surface area (TPSA) is 113 Å². The van der Waals surface area contributed by atoms with Crippen LogP contribution < -0.4 is 20.9 Å². The van der Waals surface area contributed by atoms with Gasteiger partial charge in [-0.15, -0.1) is 12.4 Å². The lowest BCUT2D eigenvalue weighted by Gasteiger charge is -2.15. The van der Waals surface area contributed by atoms with Gasteiger partial charge in [-0.3, -0.25) is 14.4 Å². The van der Waals surface area contributed by atoms with Crippen LogP contribution in [0.5, 0.6) is 11.5 Å². The summed E-state index contributed by atoms with van der Waals surface area (Å²) < 4.78 is 6.75. The van der Waals surface area contributed by atoms with Crippen LogP contribution in [0.2, 0.25) is 5.02 Å². The normalized spacial score (nSPS) is 10.6. The number of nitrogens with one attached hydrogen (secondary N) is 2. The van der Waals surface area contributed by atoms with Gasteiger partial charge in [-0.2, -0.15) is 0 Å². The van der Waals surface area contributed by atoms with Gasteiger partial charge in [0.05, 0.1) is 23.4 Å². The fourth-order valence-electron chi connectivity index (χ4n) is 4.00. The summed E-state index contributed by atoms with van der Waals surface area (Å²) in [5, 5.41) is 16.0. The molecule has 0 saturated carbocycles. The largest absolute Gasteiger partial charge is 0.506 e. The third kappa shape index (κ3) is 7.46. The van der Waals surface area contributed by atoms with Gasteiger partial charge in [-0.05, 0) is 80.3 Å². The molecule has 1 aromatic heterocycles. The molecule has 41 heavy (non-hydrogen) atoms. The van der Waals surface area contributed by atoms with Crippen LogP contribution in [0.1, 0.15) is 20.7 Å². The number of halogens is 2. The molecule has 0 saturated heterocycles. The fourth-order valence-corrected chi connectivity index (χ4v) is 4.27. The number of likely N-dealkylation sites (N-methyl/N-ethyl adjacent to an activating group) is 1. The van der Waals surface area contributed by atoms with Crippen LogP contribution in [0.25, 0.3) is 11.1 Å². The number of nitrogens with zero attached hydrogens (tertiary/aromatic N) is 2. The minimum Gasteiger partial charge on any atom is -0.506 e. The standard InChI is InChI=1S/C30H29ClN4O5.ClH/c1-34(2)16-17-35-15-5-6-22(30(35)39)20-11-14-23(24(31)18-20)29(38)33-27-25(7-4-8-26(27)36)32-28(37)19-9-12-21(40-3)13-10-19;/h4-15,18,36H,16-17H2,1-3H3,(H,32,37)(H,33,38);1H. The third-order valence-electron chi connectivity index (χ3n) is 6.21. The van der Waals surface area contributed by atoms with Crippen molar-refractivity contribution >= 4 is 47.2 Å². The number of pyridine rings is 1. The van der Waals surface area contributed by atoms with Crippen molar-refractivity contribution < 1.29 is 19.4 Å². The Labute approximate surface area is 248 Å². The van der Waals surface area contributed by atoms with E-state index in [4.69, 9.17) is 16.3 Å². The van der Waals surface area contributed by atoms with E-state index in [-0.39, 0.29) is 45.7 Å². The Hall–Kier alpha value is -4.31. The Kier molecular flexibility index (Phi) is 10.5. The minimum atomic E-state index is -0.602. The number of methoxy groups -OCH3 is 1. The average Bonchev–Trinajstić information content (AvgIpc) is 2.94. The molecule has 0 aliphatic carbocycles. The second-order valence-electron chi connectivity index (χ2n) is 9.25. The average molecular weight is 597 g/mol. The number of amides is 2. The molecule has 0 atom stereocenters. The van der Waals surface area contributed by atoms with Crippen molar-refractivity contribution in [2.75, 3.05) is 38.4 Å². The molecule has 1 heterocycles. The van der Waals surface area contributed by atoms with Gasteiger partial charge in [0.15, 0.2) is 0 Å². The number of aromatic hydroxyl groups is 1. The minimum absolute atomic E-state index is 0. The van der Waals surface area contributed by atoms with E-state index in [1.54, 1.807) is 71.4 Å². The first-order valence-corrected chi connectivity index (χ1v) is 12.8. The molecule has 3 N–H and O–H groups in total. The molecule has 214 valence electrons. The van der Waals surface area contributed by atoms with Gasteiger partial charge < -0.3 is 29.9 Å². The molecule has 0 spiro atoms. The van der Waals surface area contributed by atoms with Gasteiger partial charge in [0, 0.05) is 30.4 Å². The summed E-state index contributed by atoms with van der Waals surface area (Å²) in [5.74, 6) is -0.678. The Bertz CT molecular complexity index is 1600. The van der Waals surface area contributed by atoms with E-state index in [0.717, 1.165) is 0 Å². The predicted octanol–water partition coefficient (Wildman–Crippen LogP) is 5.37. The lowest BCUT2D eigenvalue weighted by Crippen LogP contribution is -2.26. The Morgan fingerprint density at radius 3 is 2.37 bits per heavy atom. The number of anilines is 2. The van der Waals surface area contributed by atoms with E-state index in [2.05, 4.69) is 10.6 Å². The van der Waals surface area contributed by atoms with Crippen LogP contribution in [0.15, 0.2) is 83.8 Å². The fraction of sp³-hybridized carbons (Fsp3) is 0.167. The zero-order chi connectivity index (χ0) is 28.8. The van der Waals surface area contributed by atoms with Crippen molar-refractivity contribution in [1.29, 1.82) is 0 Å². The van der Waals surface area contributed by atoms with Crippen LogP contribution in [0.3, 0.4) is 0 Å². The van der Waals surface area contributed by atoms with E-state index in [1.165, 1.54) is 19.2 Å². The van der Waals surface area contributed by atoms with Crippen LogP contribution >= 0.6 is 24.0 Å². The number of aromatic nitrogens is 1. The summed E-state index contributed by atoms with van der Waals surface area (Å²) in [6, 6.07) is 19.2. The summed E-state index contributed by atoms with van der Waals surface area (Å²) >= 11 is 6.49. The summed E-state index contributed by atoms with van der Waals surface area (Å²) in [4.78, 5) is 41.0. The van der Waals surface area contributed by atoms with Crippen LogP contribution in [0.4, 0.5) is 11.4 Å². The number of hydrogen-bond donors (Lipinski definition) is 3. The van der Waals surface area contributed by atoms with Crippen molar-refractivity contribution in [2.45, 2.75) is 6.54 Å². The number of phenols is 1. The molecule has 0 aliphatic heterocycles. The van der Waals surface area contributed by atoms with Gasteiger partial charge in [-0.25, -0.2) is 0 Å². The predicted molar refractivity (Wildman–Crippen MR) is 164 cm³/mol. The van der Waals surface area contributed by atoms with E-state index >= 15 is 0 Å². The van der Waals surface area contributed by atoms with Crippen LogP contribution in [-0.2, 0) is 6.54 Å². The number of rotatable bonds is 9. The molecule has 11 heteroatoms. The number of ether oxygens (including phenoxy) is 1. The first kappa shape index (κ1) is 31.2. The smallest absolute Gasteiger partial charge is 0.258 e. The number of phenolic OH excluding ortho intramolecular Hbond substituents is 1. The van der Waals surface area contributed by atoms with Gasteiger partial charge in [0.2, 0.25) is 0 Å². The molecule has 9 nitrogen and oxygen atoms in total. The first-order chi connectivity index (χ1) is 19.2. The highest BCUT2D eigenvalue weighted by molar-refractivity contribution is 6.34. The molecule has 0 radical (unpaired) electrons. The summed E-state index contributed by atoms with van der Waals surface area (Å²) in [6.07, 6.45) is 1.73. The van der Waals surface area contributed by atoms with Crippen molar-refractivity contribution in [3.05, 3.63) is 105 Å². The third-order valence-corrected chi connectivity index (χ3v) is 6.53. The SMILES string of the molecule is COc1ccc(C(=O)Nc2cccc(O)c2NC(=O)c2ccc(-c3cccn(CCN(C)C)c3=O)cc2Cl)cc1.Cl. The van der Waals surface area contributed by atoms with E-state index in [1.807, 2.05) is 19.0 Å². The van der Waals surface area contributed by atoms with Crippen molar-refractivity contribution in [3.8, 4) is 22.6 Å². The number of hydrogen-bond acceptors (Lipinski definition) is 6. The zero-order valence-corrected chi connectivity index (χ0v) is 24.3. The molecule has 4 aromatic rings. The highest BCUT2D eigenvalue weighted by atomic mass is 35.5. The molecule has 3 aromatic carbocycles. The Morgan fingerprint density at radius 2 is 1.71 bits per heavy atom. The van der Waals surface area contributed by atoms with Gasteiger partial charge in [0.1, 0.15) is 17.2 Å². The Balaban J connectivity index is 0.00000462. The van der Waals surface area contributed by atoms with Gasteiger partial charge in [0.25, 0.3) is 17.4 Å². The maximum Gasteiger partial charge on any atom is 0.258 e. The molecule has 0 fully saturated rings. The molecule has 4 rings (SSSR count). The highest BCUT2D eigenvalue weighted by Crippen LogP contribution is 2.33. The van der Waals surface area contributed by atoms with Crippen LogP contribution in [0, 0.1) is 0 Å². The van der Waals surface area contributed by atoms with Gasteiger partial charge >= 0.3 is 0 Å². The van der Waals surface area contributed by atoms with Crippen molar-refractivity contribution in [2.24, 2.45) is 0 Å². The first-order valence-electron chi connectivity index (χ1n) is 12.4. The summed E-state index contributed by atoms with van der Waals surface area (Å²) in [6.45, 7) is 1.24. The van der Waals surface area contributed by atoms with Crippen molar-refractivity contribution in [1.82, 2.24) is 9.47 Å². The number of carbonyl (C=O) groups excluding carboxylic acids is 2. The number of para-hydroxylation sites is 1. The lowest BCUT2D eigenvalue weighted by atomic mass is 10.0. The maximum absolute atomic E-state index is 13.2. The summed E-state index contributed by atoms with van der Waals surface area (Å²) in [5.41, 5.74) is 1.57. The lowest BCUT2D eigenvalue weighted by molar-refractivity contribution is 0.101. The molecule has 2 amide bonds. The van der Waals surface area contributed by atoms with E-state index in [9.17, 15) is 19.5 Å². The molecule has 0 unspecified atom stereocenters. The van der Waals surface area contributed by atoms with Crippen molar-refractivity contribution in [3.63, 3.8) is 0 Å². The summed E-state index contributed by atoms with van der Waals surface area (Å²) in [7, 11) is 5.40. The maximum atomic E-state index is 13.2. The zero-order valence-electron chi connectivity index (χ0n) is 22.7. The highest BCUT2D eigenvalue weighted by Gasteiger charge is 2.18. The molecular weight excluding hydrogens is 567 g/mol. The van der Waals surface area contributed by atoms with E-state index < -0.39 is 11.8 Å². The molecule has 0 aliphatic rings. The monoisotopic (exact) mass is 596 g/mol. The van der Waals surface area contributed by atoms with Crippen LogP contribution in [-0.4, -0.2) is 54.1 Å². The number of benzene rings is 3. The molecule has 0 bridgehead atoms. The Morgan fingerprint density at radius 1 is 0.976 bits per heavy atom. The van der Waals surface area contributed by atoms with Gasteiger partial charge in [-0.1, -0.05) is 23.7 Å². The quantitative estimate of drug-likeness (QED) is 0.224. The van der Waals surface area contributed by atoms with E-state index in [0.29, 0.717) is 35.5 Å². The number of carbonyl (C=O) groups is 2. The molecular formula is C30H30Cl2N4O5.